The molecule has 4 aliphatic carbocycles. The zero-order valence-electron chi connectivity index (χ0n) is 17.9. The summed E-state index contributed by atoms with van der Waals surface area (Å²) in [5, 5.41) is 19.2. The molecule has 0 aliphatic heterocycles. The number of hydrogen-bond acceptors (Lipinski definition) is 2. The molecule has 10 atom stereocenters. The molecule has 4 rings (SSSR count). The first kappa shape index (κ1) is 20.6. The molecule has 0 aromatic heterocycles. The Labute approximate surface area is 169 Å². The molecule has 0 aromatic carbocycles. The minimum absolute atomic E-state index is 0.167. The van der Waals surface area contributed by atoms with Gasteiger partial charge in [-0.25, -0.2) is 4.39 Å². The van der Waals surface area contributed by atoms with E-state index < -0.39 is 12.1 Å². The lowest BCUT2D eigenvalue weighted by molar-refractivity contribution is -0.157. The molecule has 0 amide bonds. The molecule has 4 aliphatic rings. The number of rotatable bonds is 4. The summed E-state index contributed by atoms with van der Waals surface area (Å²) in [6, 6.07) is 0. The number of aliphatic hydroxyl groups excluding tert-OH is 1. The maximum absolute atomic E-state index is 15.6. The fourth-order valence-corrected chi connectivity index (χ4v) is 8.68. The summed E-state index contributed by atoms with van der Waals surface area (Å²) >= 11 is 0. The number of carboxylic acid groups (broad SMARTS) is 1. The molecule has 2 N–H and O–H groups in total. The van der Waals surface area contributed by atoms with Gasteiger partial charge < -0.3 is 10.2 Å². The minimum Gasteiger partial charge on any atom is -0.481 e. The van der Waals surface area contributed by atoms with E-state index >= 15 is 4.39 Å². The first-order valence-corrected chi connectivity index (χ1v) is 11.7. The van der Waals surface area contributed by atoms with Crippen LogP contribution in [0.2, 0.25) is 0 Å². The Balaban J connectivity index is 1.55. The first-order valence-electron chi connectivity index (χ1n) is 11.7. The third-order valence-electron chi connectivity index (χ3n) is 10.2. The van der Waals surface area contributed by atoms with E-state index in [1.54, 1.807) is 0 Å². The second-order valence-corrected chi connectivity index (χ2v) is 11.3. The van der Waals surface area contributed by atoms with Gasteiger partial charge in [0.25, 0.3) is 0 Å². The number of hydrogen-bond donors (Lipinski definition) is 2. The maximum atomic E-state index is 15.6. The van der Waals surface area contributed by atoms with Gasteiger partial charge in [-0.15, -0.1) is 0 Å². The maximum Gasteiger partial charge on any atom is 0.303 e. The van der Waals surface area contributed by atoms with Crippen LogP contribution in [-0.2, 0) is 4.79 Å². The molecule has 0 heterocycles. The zero-order chi connectivity index (χ0) is 20.3. The predicted octanol–water partition coefficient (Wildman–Crippen LogP) is 5.46. The fourth-order valence-electron chi connectivity index (χ4n) is 8.68. The third kappa shape index (κ3) is 3.13. The van der Waals surface area contributed by atoms with Crippen molar-refractivity contribution in [2.24, 2.45) is 46.3 Å². The Kier molecular flexibility index (Phi) is 5.34. The van der Waals surface area contributed by atoms with Crippen molar-refractivity contribution in [3.63, 3.8) is 0 Å². The third-order valence-corrected chi connectivity index (χ3v) is 10.2. The smallest absolute Gasteiger partial charge is 0.303 e. The molecule has 0 spiro atoms. The topological polar surface area (TPSA) is 57.5 Å². The summed E-state index contributed by atoms with van der Waals surface area (Å²) in [5.74, 6) is 1.64. The standard InChI is InChI=1S/C24H39FO3/c1-14(4-7-21(27)28)17-5-6-18-22-19(9-11-24(17,18)3)23(2)10-8-16(26)12-15(23)13-20(22)25/h14-20,22,26H,4-13H2,1-3H3,(H,27,28)/t14-,15+,16-,17?,18+,19+,20+,22+,23+,24-/m1/s1. The van der Waals surface area contributed by atoms with Gasteiger partial charge in [-0.2, -0.15) is 0 Å². The van der Waals surface area contributed by atoms with Crippen LogP contribution in [0.3, 0.4) is 0 Å². The molecule has 0 bridgehead atoms. The van der Waals surface area contributed by atoms with Crippen LogP contribution < -0.4 is 0 Å². The van der Waals surface area contributed by atoms with E-state index in [0.717, 1.165) is 44.9 Å². The second-order valence-electron chi connectivity index (χ2n) is 11.3. The molecule has 4 fully saturated rings. The summed E-state index contributed by atoms with van der Waals surface area (Å²) in [4.78, 5) is 11.0. The van der Waals surface area contributed by atoms with E-state index in [2.05, 4.69) is 20.8 Å². The summed E-state index contributed by atoms with van der Waals surface area (Å²) in [5.41, 5.74) is 0.363. The predicted molar refractivity (Wildman–Crippen MR) is 108 cm³/mol. The fraction of sp³-hybridized carbons (Fsp3) is 0.958. The lowest BCUT2D eigenvalue weighted by atomic mass is 9.44. The van der Waals surface area contributed by atoms with E-state index in [1.807, 2.05) is 0 Å². The van der Waals surface area contributed by atoms with Crippen molar-refractivity contribution in [2.45, 2.75) is 97.3 Å². The van der Waals surface area contributed by atoms with Gasteiger partial charge in [-0.1, -0.05) is 20.8 Å². The van der Waals surface area contributed by atoms with E-state index in [0.29, 0.717) is 36.0 Å². The van der Waals surface area contributed by atoms with Gasteiger partial charge in [0.2, 0.25) is 0 Å². The molecule has 28 heavy (non-hydrogen) atoms. The average molecular weight is 395 g/mol. The molecule has 3 nitrogen and oxygen atoms in total. The van der Waals surface area contributed by atoms with Gasteiger partial charge in [-0.3, -0.25) is 4.79 Å². The van der Waals surface area contributed by atoms with Crippen molar-refractivity contribution in [1.29, 1.82) is 0 Å². The van der Waals surface area contributed by atoms with E-state index in [-0.39, 0.29) is 29.3 Å². The number of aliphatic hydroxyl groups is 1. The van der Waals surface area contributed by atoms with Gasteiger partial charge in [0.15, 0.2) is 0 Å². The highest BCUT2D eigenvalue weighted by atomic mass is 19.1. The van der Waals surface area contributed by atoms with Crippen molar-refractivity contribution in [1.82, 2.24) is 0 Å². The van der Waals surface area contributed by atoms with Gasteiger partial charge in [0.1, 0.15) is 6.17 Å². The van der Waals surface area contributed by atoms with Gasteiger partial charge in [-0.05, 0) is 104 Å². The zero-order valence-corrected chi connectivity index (χ0v) is 17.9. The van der Waals surface area contributed by atoms with Crippen LogP contribution in [0, 0.1) is 46.3 Å². The molecule has 4 heteroatoms. The van der Waals surface area contributed by atoms with Gasteiger partial charge in [0.05, 0.1) is 6.10 Å². The van der Waals surface area contributed by atoms with Crippen molar-refractivity contribution in [2.75, 3.05) is 0 Å². The van der Waals surface area contributed by atoms with Crippen LogP contribution in [0.5, 0.6) is 0 Å². The largest absolute Gasteiger partial charge is 0.481 e. The number of alkyl halides is 1. The van der Waals surface area contributed by atoms with Crippen LogP contribution in [0.25, 0.3) is 0 Å². The van der Waals surface area contributed by atoms with E-state index in [1.165, 1.54) is 6.42 Å². The van der Waals surface area contributed by atoms with E-state index in [9.17, 15) is 9.90 Å². The number of carbonyl (C=O) groups is 1. The van der Waals surface area contributed by atoms with Crippen LogP contribution in [-0.4, -0.2) is 28.5 Å². The van der Waals surface area contributed by atoms with Crippen LogP contribution >= 0.6 is 0 Å². The van der Waals surface area contributed by atoms with Crippen molar-refractivity contribution in [3.05, 3.63) is 0 Å². The number of carboxylic acids is 1. The minimum atomic E-state index is -0.730. The lowest BCUT2D eigenvalue weighted by Crippen LogP contribution is -2.57. The summed E-state index contributed by atoms with van der Waals surface area (Å²) in [6.07, 6.45) is 7.91. The SMILES string of the molecule is C[C@H](CCC(=O)O)C1CC[C@H]2[C@@H]3[C@@H](F)C[C@@H]4C[C@H](O)CC[C@]4(C)[C@H]3CC[C@]12C. The molecule has 160 valence electrons. The molecule has 4 saturated carbocycles. The molecule has 0 aromatic rings. The van der Waals surface area contributed by atoms with E-state index in [4.69, 9.17) is 5.11 Å². The van der Waals surface area contributed by atoms with Gasteiger partial charge >= 0.3 is 5.97 Å². The number of fused-ring (bicyclic) bond motifs is 5. The average Bonchev–Trinajstić information content (AvgIpc) is 2.98. The summed E-state index contributed by atoms with van der Waals surface area (Å²) in [6.45, 7) is 7.02. The van der Waals surface area contributed by atoms with Crippen molar-refractivity contribution >= 4 is 5.97 Å². The van der Waals surface area contributed by atoms with Crippen molar-refractivity contribution in [3.8, 4) is 0 Å². The molecule has 1 unspecified atom stereocenters. The second kappa shape index (κ2) is 7.25. The van der Waals surface area contributed by atoms with Crippen LogP contribution in [0.15, 0.2) is 0 Å². The Morgan fingerprint density at radius 2 is 1.75 bits per heavy atom. The quantitative estimate of drug-likeness (QED) is 0.666. The number of halogens is 1. The van der Waals surface area contributed by atoms with Gasteiger partial charge in [0, 0.05) is 6.42 Å². The Bertz CT molecular complexity index is 609. The molecular weight excluding hydrogens is 355 g/mol. The molecule has 0 radical (unpaired) electrons. The monoisotopic (exact) mass is 394 g/mol. The highest BCUT2D eigenvalue weighted by molar-refractivity contribution is 5.66. The van der Waals surface area contributed by atoms with Crippen LogP contribution in [0.4, 0.5) is 4.39 Å². The first-order chi connectivity index (χ1) is 13.2. The Morgan fingerprint density at radius 3 is 2.46 bits per heavy atom. The Morgan fingerprint density at radius 1 is 1.07 bits per heavy atom. The van der Waals surface area contributed by atoms with Crippen LogP contribution in [0.1, 0.15) is 85.0 Å². The lowest BCUT2D eigenvalue weighted by Gasteiger charge is -2.62. The number of aliphatic carboxylic acids is 1. The summed E-state index contributed by atoms with van der Waals surface area (Å²) < 4.78 is 15.6. The highest BCUT2D eigenvalue weighted by Gasteiger charge is 2.63. The Hall–Kier alpha value is -0.640. The van der Waals surface area contributed by atoms with Crippen molar-refractivity contribution < 1.29 is 19.4 Å². The molecular formula is C24H39FO3. The molecule has 0 saturated heterocycles. The highest BCUT2D eigenvalue weighted by Crippen LogP contribution is 2.68. The summed E-state index contributed by atoms with van der Waals surface area (Å²) in [7, 11) is 0. The normalized spacial score (nSPS) is 51.7.